The van der Waals surface area contributed by atoms with Gasteiger partial charge in [-0.3, -0.25) is 9.69 Å². The van der Waals surface area contributed by atoms with Crippen LogP contribution in [-0.4, -0.2) is 52.8 Å². The number of carbonyl (C=O) groups is 1. The van der Waals surface area contributed by atoms with Gasteiger partial charge >= 0.3 is 6.09 Å². The molecule has 0 unspecified atom stereocenters. The van der Waals surface area contributed by atoms with Gasteiger partial charge in [0.2, 0.25) is 5.43 Å². The molecule has 7 heteroatoms. The standard InChI is InChI=1S/C15H22N2O5/c1-15(2,3)22-14(20)17-6-4-16(5-7-17)9-11-8-12(18)13(19)10-21-11/h8,10,19H,4-7,9H2,1-3H3. The Labute approximate surface area is 129 Å². The van der Waals surface area contributed by atoms with E-state index in [1.807, 2.05) is 20.8 Å². The summed E-state index contributed by atoms with van der Waals surface area (Å²) in [4.78, 5) is 27.1. The first-order valence-electron chi connectivity index (χ1n) is 7.25. The van der Waals surface area contributed by atoms with E-state index in [4.69, 9.17) is 14.3 Å². The zero-order valence-corrected chi connectivity index (χ0v) is 13.2. The number of aromatic hydroxyl groups is 1. The fraction of sp³-hybridized carbons (Fsp3) is 0.600. The molecule has 1 aliphatic rings. The molecule has 7 nitrogen and oxygen atoms in total. The number of amides is 1. The molecule has 1 saturated heterocycles. The fourth-order valence-electron chi connectivity index (χ4n) is 2.16. The topological polar surface area (TPSA) is 83.2 Å². The van der Waals surface area contributed by atoms with Crippen molar-refractivity contribution < 1.29 is 19.1 Å². The van der Waals surface area contributed by atoms with Crippen LogP contribution in [0.4, 0.5) is 4.79 Å². The number of hydrogen-bond acceptors (Lipinski definition) is 6. The summed E-state index contributed by atoms with van der Waals surface area (Å²) in [6.45, 7) is 8.47. The molecule has 0 saturated carbocycles. The third-order valence-corrected chi connectivity index (χ3v) is 3.27. The fourth-order valence-corrected chi connectivity index (χ4v) is 2.16. The van der Waals surface area contributed by atoms with Gasteiger partial charge in [0.05, 0.1) is 6.54 Å². The van der Waals surface area contributed by atoms with Crippen molar-refractivity contribution in [3.05, 3.63) is 28.3 Å². The van der Waals surface area contributed by atoms with Crippen molar-refractivity contribution in [3.8, 4) is 5.75 Å². The number of piperazine rings is 1. The normalized spacial score (nSPS) is 16.6. The number of ether oxygens (including phenoxy) is 1. The molecule has 0 atom stereocenters. The number of carbonyl (C=O) groups excluding carboxylic acids is 1. The lowest BCUT2D eigenvalue weighted by Gasteiger charge is -2.35. The summed E-state index contributed by atoms with van der Waals surface area (Å²) in [5.74, 6) is 0.104. The Kier molecular flexibility index (Phi) is 4.75. The molecule has 0 radical (unpaired) electrons. The van der Waals surface area contributed by atoms with Crippen LogP contribution >= 0.6 is 0 Å². The quantitative estimate of drug-likeness (QED) is 0.889. The molecule has 1 N–H and O–H groups in total. The number of nitrogens with zero attached hydrogens (tertiary/aromatic N) is 2. The van der Waals surface area contributed by atoms with Crippen molar-refractivity contribution in [3.63, 3.8) is 0 Å². The monoisotopic (exact) mass is 310 g/mol. The summed E-state index contributed by atoms with van der Waals surface area (Å²) in [5, 5.41) is 9.16. The van der Waals surface area contributed by atoms with Crippen LogP contribution < -0.4 is 5.43 Å². The highest BCUT2D eigenvalue weighted by atomic mass is 16.6. The molecule has 0 aliphatic carbocycles. The van der Waals surface area contributed by atoms with Crippen molar-refractivity contribution in [2.45, 2.75) is 32.9 Å². The second-order valence-electron chi connectivity index (χ2n) is 6.34. The minimum atomic E-state index is -0.496. The minimum absolute atomic E-state index is 0.302. The van der Waals surface area contributed by atoms with Crippen LogP contribution in [0, 0.1) is 0 Å². The molecule has 0 spiro atoms. The summed E-state index contributed by atoms with van der Waals surface area (Å²) >= 11 is 0. The molecular formula is C15H22N2O5. The molecule has 122 valence electrons. The van der Waals surface area contributed by atoms with E-state index in [1.54, 1.807) is 4.90 Å². The Balaban J connectivity index is 1.85. The SMILES string of the molecule is CC(C)(C)OC(=O)N1CCN(Cc2cc(=O)c(O)co2)CC1. The van der Waals surface area contributed by atoms with Crippen molar-refractivity contribution in [2.75, 3.05) is 26.2 Å². The first-order valence-corrected chi connectivity index (χ1v) is 7.25. The van der Waals surface area contributed by atoms with Gasteiger partial charge in [-0.15, -0.1) is 0 Å². The Morgan fingerprint density at radius 1 is 1.32 bits per heavy atom. The molecule has 1 aliphatic heterocycles. The van der Waals surface area contributed by atoms with Crippen LogP contribution in [0.1, 0.15) is 26.5 Å². The summed E-state index contributed by atoms with van der Waals surface area (Å²) < 4.78 is 10.5. The average Bonchev–Trinajstić information content (AvgIpc) is 2.42. The largest absolute Gasteiger partial charge is 0.502 e. The summed E-state index contributed by atoms with van der Waals surface area (Å²) in [6.07, 6.45) is 0.748. The lowest BCUT2D eigenvalue weighted by molar-refractivity contribution is 0.0134. The maximum Gasteiger partial charge on any atom is 0.410 e. The molecule has 22 heavy (non-hydrogen) atoms. The van der Waals surface area contributed by atoms with Gasteiger partial charge in [0.15, 0.2) is 5.75 Å². The van der Waals surface area contributed by atoms with E-state index in [1.165, 1.54) is 6.07 Å². The van der Waals surface area contributed by atoms with Crippen LogP contribution in [0.25, 0.3) is 0 Å². The lowest BCUT2D eigenvalue weighted by atomic mass is 10.2. The van der Waals surface area contributed by atoms with Crippen LogP contribution in [-0.2, 0) is 11.3 Å². The van der Waals surface area contributed by atoms with Crippen molar-refractivity contribution >= 4 is 6.09 Å². The first-order chi connectivity index (χ1) is 10.2. The Bertz CT molecular complexity index is 582. The Hall–Kier alpha value is -2.02. The number of rotatable bonds is 2. The van der Waals surface area contributed by atoms with Gasteiger partial charge in [-0.05, 0) is 20.8 Å². The van der Waals surface area contributed by atoms with E-state index in [9.17, 15) is 9.59 Å². The maximum atomic E-state index is 12.0. The second-order valence-corrected chi connectivity index (χ2v) is 6.34. The second kappa shape index (κ2) is 6.39. The van der Waals surface area contributed by atoms with Crippen LogP contribution in [0.5, 0.6) is 5.75 Å². The van der Waals surface area contributed by atoms with Gasteiger partial charge in [-0.2, -0.15) is 0 Å². The maximum absolute atomic E-state index is 12.0. The Morgan fingerprint density at radius 2 is 1.95 bits per heavy atom. The van der Waals surface area contributed by atoms with E-state index >= 15 is 0 Å². The first kappa shape index (κ1) is 16.4. The summed E-state index contributed by atoms with van der Waals surface area (Å²) in [7, 11) is 0. The van der Waals surface area contributed by atoms with Gasteiger partial charge < -0.3 is 19.2 Å². The van der Waals surface area contributed by atoms with Gasteiger partial charge in [0.25, 0.3) is 0 Å². The molecule has 1 amide bonds. The molecule has 0 aromatic carbocycles. The van der Waals surface area contributed by atoms with E-state index in [0.29, 0.717) is 38.5 Å². The average molecular weight is 310 g/mol. The van der Waals surface area contributed by atoms with Gasteiger partial charge in [0, 0.05) is 32.2 Å². The highest BCUT2D eigenvalue weighted by Crippen LogP contribution is 2.13. The van der Waals surface area contributed by atoms with E-state index in [0.717, 1.165) is 6.26 Å². The van der Waals surface area contributed by atoms with Crippen molar-refractivity contribution in [1.29, 1.82) is 0 Å². The molecule has 1 fully saturated rings. The van der Waals surface area contributed by atoms with E-state index < -0.39 is 16.8 Å². The van der Waals surface area contributed by atoms with Crippen molar-refractivity contribution in [1.82, 2.24) is 9.80 Å². The zero-order valence-electron chi connectivity index (χ0n) is 13.2. The highest BCUT2D eigenvalue weighted by Gasteiger charge is 2.26. The third kappa shape index (κ3) is 4.49. The van der Waals surface area contributed by atoms with E-state index in [-0.39, 0.29) is 6.09 Å². The van der Waals surface area contributed by atoms with Crippen LogP contribution in [0.2, 0.25) is 0 Å². The zero-order chi connectivity index (χ0) is 16.3. The predicted molar refractivity (Wildman–Crippen MR) is 79.7 cm³/mol. The smallest absolute Gasteiger partial charge is 0.410 e. The van der Waals surface area contributed by atoms with Gasteiger partial charge in [0.1, 0.15) is 17.6 Å². The van der Waals surface area contributed by atoms with Gasteiger partial charge in [-0.25, -0.2) is 4.79 Å². The van der Waals surface area contributed by atoms with Crippen LogP contribution in [0.3, 0.4) is 0 Å². The molecular weight excluding hydrogens is 288 g/mol. The molecule has 2 heterocycles. The van der Waals surface area contributed by atoms with Gasteiger partial charge in [-0.1, -0.05) is 0 Å². The molecule has 1 aromatic heterocycles. The summed E-state index contributed by atoms with van der Waals surface area (Å²) in [5.41, 5.74) is -0.947. The molecule has 0 bridgehead atoms. The predicted octanol–water partition coefficient (Wildman–Crippen LogP) is 1.40. The summed E-state index contributed by atoms with van der Waals surface area (Å²) in [6, 6.07) is 1.29. The molecule has 1 aromatic rings. The van der Waals surface area contributed by atoms with E-state index in [2.05, 4.69) is 4.90 Å². The number of hydrogen-bond donors (Lipinski definition) is 1. The minimum Gasteiger partial charge on any atom is -0.502 e. The van der Waals surface area contributed by atoms with Crippen molar-refractivity contribution in [2.24, 2.45) is 0 Å². The highest BCUT2D eigenvalue weighted by molar-refractivity contribution is 5.68. The van der Waals surface area contributed by atoms with Crippen LogP contribution in [0.15, 0.2) is 21.5 Å². The lowest BCUT2D eigenvalue weighted by Crippen LogP contribution is -2.49. The molecule has 2 rings (SSSR count). The third-order valence-electron chi connectivity index (χ3n) is 3.27. The Morgan fingerprint density at radius 3 is 2.50 bits per heavy atom.